The number of rotatable bonds is 4. The summed E-state index contributed by atoms with van der Waals surface area (Å²) in [5, 5.41) is 17.1. The maximum atomic E-state index is 9.10. The zero-order valence-corrected chi connectivity index (χ0v) is 11.3. The number of benzene rings is 1. The van der Waals surface area contributed by atoms with Crippen LogP contribution in [0.25, 0.3) is 5.69 Å². The van der Waals surface area contributed by atoms with Crippen molar-refractivity contribution >= 4 is 0 Å². The molecule has 0 spiro atoms. The summed E-state index contributed by atoms with van der Waals surface area (Å²) in [5.41, 5.74) is 1.97. The smallest absolute Gasteiger partial charge is 0.186 e. The van der Waals surface area contributed by atoms with E-state index in [0.29, 0.717) is 12.3 Å². The molecule has 0 saturated carbocycles. The van der Waals surface area contributed by atoms with Crippen LogP contribution < -0.4 is 4.74 Å². The minimum Gasteiger partial charge on any atom is -0.492 e. The fraction of sp³-hybridized carbons (Fsp3) is 0.357. The summed E-state index contributed by atoms with van der Waals surface area (Å²) in [6, 6.07) is 9.70. The number of aromatic nitrogens is 3. The van der Waals surface area contributed by atoms with Crippen LogP contribution in [0, 0.1) is 11.3 Å². The molecule has 0 amide bonds. The minimum atomic E-state index is 0.152. The lowest BCUT2D eigenvalue weighted by molar-refractivity contribution is 0.338. The quantitative estimate of drug-likeness (QED) is 0.843. The van der Waals surface area contributed by atoms with Crippen LogP contribution in [0.2, 0.25) is 0 Å². The number of hydrogen-bond acceptors (Lipinski definition) is 4. The van der Waals surface area contributed by atoms with E-state index in [4.69, 9.17) is 10.00 Å². The van der Waals surface area contributed by atoms with Crippen LogP contribution in [0.1, 0.15) is 38.1 Å². The lowest BCUT2D eigenvalue weighted by Gasteiger charge is -2.13. The predicted molar refractivity (Wildman–Crippen MR) is 71.3 cm³/mol. The maximum absolute atomic E-state index is 9.10. The van der Waals surface area contributed by atoms with Gasteiger partial charge in [0.1, 0.15) is 17.5 Å². The topological polar surface area (TPSA) is 63.7 Å². The van der Waals surface area contributed by atoms with E-state index in [0.717, 1.165) is 17.1 Å². The fourth-order valence-electron chi connectivity index (χ4n) is 1.97. The van der Waals surface area contributed by atoms with Crippen molar-refractivity contribution in [1.29, 1.82) is 5.26 Å². The Labute approximate surface area is 112 Å². The average molecular weight is 256 g/mol. The van der Waals surface area contributed by atoms with Gasteiger partial charge in [-0.1, -0.05) is 31.2 Å². The standard InChI is InChI=1S/C14H16N4O/c1-4-19-13-8-6-5-7-12(13)18-14(10(2)3)11(9-15)16-17-18/h5-8,10H,4H2,1-3H3. The van der Waals surface area contributed by atoms with E-state index in [1.807, 2.05) is 45.0 Å². The van der Waals surface area contributed by atoms with Gasteiger partial charge in [-0.3, -0.25) is 0 Å². The second kappa shape index (κ2) is 5.53. The predicted octanol–water partition coefficient (Wildman–Crippen LogP) is 2.66. The molecule has 0 bridgehead atoms. The van der Waals surface area contributed by atoms with Crippen LogP contribution in [-0.4, -0.2) is 21.6 Å². The highest BCUT2D eigenvalue weighted by Gasteiger charge is 2.19. The second-order valence-corrected chi connectivity index (χ2v) is 4.40. The molecule has 0 atom stereocenters. The van der Waals surface area contributed by atoms with Gasteiger partial charge in [-0.2, -0.15) is 5.26 Å². The first-order valence-electron chi connectivity index (χ1n) is 6.27. The summed E-state index contributed by atoms with van der Waals surface area (Å²) in [4.78, 5) is 0. The molecule has 1 aromatic carbocycles. The largest absolute Gasteiger partial charge is 0.492 e. The van der Waals surface area contributed by atoms with Gasteiger partial charge in [-0.25, -0.2) is 4.68 Å². The summed E-state index contributed by atoms with van der Waals surface area (Å²) in [6.45, 7) is 6.54. The van der Waals surface area contributed by atoms with Crippen molar-refractivity contribution < 1.29 is 4.74 Å². The van der Waals surface area contributed by atoms with Crippen molar-refractivity contribution in [1.82, 2.24) is 15.0 Å². The molecule has 0 N–H and O–H groups in total. The van der Waals surface area contributed by atoms with Gasteiger partial charge in [0.15, 0.2) is 5.69 Å². The molecule has 0 aliphatic rings. The highest BCUT2D eigenvalue weighted by molar-refractivity contribution is 5.48. The van der Waals surface area contributed by atoms with Gasteiger partial charge in [-0.15, -0.1) is 5.10 Å². The van der Waals surface area contributed by atoms with Crippen molar-refractivity contribution in [3.63, 3.8) is 0 Å². The Balaban J connectivity index is 2.60. The maximum Gasteiger partial charge on any atom is 0.186 e. The molecule has 98 valence electrons. The van der Waals surface area contributed by atoms with Crippen molar-refractivity contribution in [3.8, 4) is 17.5 Å². The van der Waals surface area contributed by atoms with Gasteiger partial charge in [0.2, 0.25) is 0 Å². The molecule has 2 rings (SSSR count). The van der Waals surface area contributed by atoms with Gasteiger partial charge in [0.25, 0.3) is 0 Å². The van der Waals surface area contributed by atoms with E-state index in [1.165, 1.54) is 0 Å². The van der Waals surface area contributed by atoms with E-state index < -0.39 is 0 Å². The molecule has 5 heteroatoms. The van der Waals surface area contributed by atoms with Crippen LogP contribution >= 0.6 is 0 Å². The third-order valence-corrected chi connectivity index (χ3v) is 2.75. The Hall–Kier alpha value is -2.35. The van der Waals surface area contributed by atoms with Gasteiger partial charge >= 0.3 is 0 Å². The van der Waals surface area contributed by atoms with E-state index in [2.05, 4.69) is 16.4 Å². The van der Waals surface area contributed by atoms with Crippen LogP contribution in [-0.2, 0) is 0 Å². The molecule has 0 aliphatic carbocycles. The van der Waals surface area contributed by atoms with Gasteiger partial charge < -0.3 is 4.74 Å². The summed E-state index contributed by atoms with van der Waals surface area (Å²) < 4.78 is 7.29. The van der Waals surface area contributed by atoms with Gasteiger partial charge in [-0.05, 0) is 25.0 Å². The summed E-state index contributed by atoms with van der Waals surface area (Å²) in [5.74, 6) is 0.889. The SMILES string of the molecule is CCOc1ccccc1-n1nnc(C#N)c1C(C)C. The van der Waals surface area contributed by atoms with Crippen molar-refractivity contribution in [3.05, 3.63) is 35.7 Å². The molecular weight excluding hydrogens is 240 g/mol. The lowest BCUT2D eigenvalue weighted by Crippen LogP contribution is -2.07. The molecule has 1 aromatic heterocycles. The molecule has 2 aromatic rings. The third-order valence-electron chi connectivity index (χ3n) is 2.75. The Kier molecular flexibility index (Phi) is 3.81. The van der Waals surface area contributed by atoms with Crippen LogP contribution in [0.4, 0.5) is 0 Å². The zero-order chi connectivity index (χ0) is 13.8. The highest BCUT2D eigenvalue weighted by Crippen LogP contribution is 2.27. The second-order valence-electron chi connectivity index (χ2n) is 4.40. The minimum absolute atomic E-state index is 0.152. The molecule has 0 fully saturated rings. The normalized spacial score (nSPS) is 10.5. The molecule has 1 heterocycles. The Morgan fingerprint density at radius 2 is 2.11 bits per heavy atom. The zero-order valence-electron chi connectivity index (χ0n) is 11.3. The third kappa shape index (κ3) is 2.43. The van der Waals surface area contributed by atoms with Crippen molar-refractivity contribution in [2.75, 3.05) is 6.61 Å². The number of nitriles is 1. The average Bonchev–Trinajstić information content (AvgIpc) is 2.83. The monoisotopic (exact) mass is 256 g/mol. The Morgan fingerprint density at radius 3 is 2.74 bits per heavy atom. The lowest BCUT2D eigenvalue weighted by atomic mass is 10.1. The number of para-hydroxylation sites is 2. The molecule has 0 saturated heterocycles. The van der Waals surface area contributed by atoms with Gasteiger partial charge in [0.05, 0.1) is 12.3 Å². The molecular formula is C14H16N4O. The Bertz CT molecular complexity index is 610. The summed E-state index contributed by atoms with van der Waals surface area (Å²) in [7, 11) is 0. The fourth-order valence-corrected chi connectivity index (χ4v) is 1.97. The number of ether oxygens (including phenoxy) is 1. The van der Waals surface area contributed by atoms with Crippen molar-refractivity contribution in [2.24, 2.45) is 0 Å². The molecule has 0 radical (unpaired) electrons. The van der Waals surface area contributed by atoms with E-state index in [1.54, 1.807) is 4.68 Å². The van der Waals surface area contributed by atoms with E-state index >= 15 is 0 Å². The highest BCUT2D eigenvalue weighted by atomic mass is 16.5. The first kappa shape index (κ1) is 13.1. The summed E-state index contributed by atoms with van der Waals surface area (Å²) in [6.07, 6.45) is 0. The van der Waals surface area contributed by atoms with Gasteiger partial charge in [0, 0.05) is 0 Å². The summed E-state index contributed by atoms with van der Waals surface area (Å²) >= 11 is 0. The van der Waals surface area contributed by atoms with Crippen LogP contribution in [0.3, 0.4) is 0 Å². The first-order valence-corrected chi connectivity index (χ1v) is 6.27. The van der Waals surface area contributed by atoms with Crippen LogP contribution in [0.15, 0.2) is 24.3 Å². The number of hydrogen-bond donors (Lipinski definition) is 0. The van der Waals surface area contributed by atoms with Crippen LogP contribution in [0.5, 0.6) is 5.75 Å². The van der Waals surface area contributed by atoms with E-state index in [9.17, 15) is 0 Å². The molecule has 0 aliphatic heterocycles. The first-order chi connectivity index (χ1) is 9.19. The van der Waals surface area contributed by atoms with Crippen molar-refractivity contribution in [2.45, 2.75) is 26.7 Å². The molecule has 0 unspecified atom stereocenters. The molecule has 19 heavy (non-hydrogen) atoms. The van der Waals surface area contributed by atoms with E-state index in [-0.39, 0.29) is 5.92 Å². The Morgan fingerprint density at radius 1 is 1.37 bits per heavy atom. The molecule has 5 nitrogen and oxygen atoms in total. The number of nitrogens with zero attached hydrogens (tertiary/aromatic N) is 4.